The lowest BCUT2D eigenvalue weighted by molar-refractivity contribution is 0.285. The van der Waals surface area contributed by atoms with E-state index in [9.17, 15) is 0 Å². The summed E-state index contributed by atoms with van der Waals surface area (Å²) in [6.45, 7) is 1.10. The van der Waals surface area contributed by atoms with Crippen LogP contribution < -0.4 is 10.5 Å². The second-order valence-electron chi connectivity index (χ2n) is 4.66. The lowest BCUT2D eigenvalue weighted by atomic mass is 10.1. The minimum absolute atomic E-state index is 0.334. The highest BCUT2D eigenvalue weighted by Gasteiger charge is 2.06. The van der Waals surface area contributed by atoms with E-state index >= 15 is 0 Å². The lowest BCUT2D eigenvalue weighted by Gasteiger charge is -2.01. The number of aromatic nitrogens is 2. The summed E-state index contributed by atoms with van der Waals surface area (Å²) in [6.07, 6.45) is 5.27. The number of rotatable bonds is 9. The summed E-state index contributed by atoms with van der Waals surface area (Å²) in [5, 5.41) is 3.92. The zero-order valence-corrected chi connectivity index (χ0v) is 11.6. The van der Waals surface area contributed by atoms with Gasteiger partial charge in [-0.3, -0.25) is 0 Å². The van der Waals surface area contributed by atoms with Crippen molar-refractivity contribution < 1.29 is 9.26 Å². The molecule has 0 radical (unpaired) electrons. The van der Waals surface area contributed by atoms with Gasteiger partial charge in [0.2, 0.25) is 11.7 Å². The fraction of sp³-hybridized carbons (Fsp3) is 0.467. The van der Waals surface area contributed by atoms with Crippen molar-refractivity contribution >= 4 is 0 Å². The highest BCUT2D eigenvalue weighted by Crippen LogP contribution is 2.11. The van der Waals surface area contributed by atoms with Crippen LogP contribution in [0.2, 0.25) is 0 Å². The van der Waals surface area contributed by atoms with Gasteiger partial charge in [0, 0.05) is 6.42 Å². The average Bonchev–Trinajstić information content (AvgIpc) is 2.94. The quantitative estimate of drug-likeness (QED) is 0.712. The summed E-state index contributed by atoms with van der Waals surface area (Å²) < 4.78 is 10.8. The van der Waals surface area contributed by atoms with Gasteiger partial charge in [-0.1, -0.05) is 36.2 Å². The molecular weight excluding hydrogens is 254 g/mol. The Morgan fingerprint density at radius 3 is 2.65 bits per heavy atom. The van der Waals surface area contributed by atoms with E-state index in [0.29, 0.717) is 18.3 Å². The third-order valence-electron chi connectivity index (χ3n) is 2.97. The van der Waals surface area contributed by atoms with E-state index < -0.39 is 0 Å². The fourth-order valence-corrected chi connectivity index (χ4v) is 1.89. The molecule has 0 saturated heterocycles. The molecule has 0 saturated carbocycles. The molecule has 1 heterocycles. The van der Waals surface area contributed by atoms with Crippen LogP contribution in [0.1, 0.15) is 37.4 Å². The van der Waals surface area contributed by atoms with Crippen molar-refractivity contribution in [1.29, 1.82) is 0 Å². The normalized spacial score (nSPS) is 10.7. The molecular formula is C15H21N3O2. The largest absolute Gasteiger partial charge is 0.485 e. The molecule has 108 valence electrons. The maximum Gasteiger partial charge on any atom is 0.226 e. The van der Waals surface area contributed by atoms with Crippen molar-refractivity contribution in [2.75, 3.05) is 6.54 Å². The molecule has 0 aliphatic heterocycles. The van der Waals surface area contributed by atoms with Gasteiger partial charge in [0.05, 0.1) is 0 Å². The predicted molar refractivity (Wildman–Crippen MR) is 76.3 cm³/mol. The molecule has 1 aromatic heterocycles. The highest BCUT2D eigenvalue weighted by molar-refractivity contribution is 5.20. The van der Waals surface area contributed by atoms with E-state index in [1.54, 1.807) is 0 Å². The summed E-state index contributed by atoms with van der Waals surface area (Å²) in [4.78, 5) is 4.32. The molecule has 0 amide bonds. The number of aryl methyl sites for hydroxylation is 1. The third-order valence-corrected chi connectivity index (χ3v) is 2.97. The van der Waals surface area contributed by atoms with Crippen molar-refractivity contribution in [2.24, 2.45) is 5.73 Å². The first-order valence-electron chi connectivity index (χ1n) is 7.08. The molecule has 1 aromatic carbocycles. The van der Waals surface area contributed by atoms with Gasteiger partial charge in [0.25, 0.3) is 0 Å². The van der Waals surface area contributed by atoms with Gasteiger partial charge in [-0.2, -0.15) is 4.98 Å². The Hall–Kier alpha value is -1.88. The summed E-state index contributed by atoms with van der Waals surface area (Å²) in [5.74, 6) is 2.08. The third kappa shape index (κ3) is 5.01. The van der Waals surface area contributed by atoms with Crippen LogP contribution in [0, 0.1) is 0 Å². The van der Waals surface area contributed by atoms with Crippen LogP contribution in [0.4, 0.5) is 0 Å². The Kier molecular flexibility index (Phi) is 6.05. The summed E-state index contributed by atoms with van der Waals surface area (Å²) in [6, 6.07) is 9.61. The smallest absolute Gasteiger partial charge is 0.226 e. The molecule has 2 N–H and O–H groups in total. The standard InChI is InChI=1S/C15H21N3O2/c16-11-7-2-1-6-10-15-17-14(18-20-15)12-19-13-8-4-3-5-9-13/h3-5,8-9H,1-2,6-7,10-12,16H2. The Morgan fingerprint density at radius 2 is 1.85 bits per heavy atom. The number of unbranched alkanes of at least 4 members (excludes halogenated alkanes) is 3. The monoisotopic (exact) mass is 275 g/mol. The number of hydrogen-bond acceptors (Lipinski definition) is 5. The maximum atomic E-state index is 5.56. The minimum Gasteiger partial charge on any atom is -0.485 e. The van der Waals surface area contributed by atoms with Crippen molar-refractivity contribution in [2.45, 2.75) is 38.7 Å². The number of benzene rings is 1. The first-order valence-corrected chi connectivity index (χ1v) is 7.08. The van der Waals surface area contributed by atoms with Gasteiger partial charge < -0.3 is 15.0 Å². The van der Waals surface area contributed by atoms with E-state index in [0.717, 1.165) is 44.4 Å². The molecule has 0 bridgehead atoms. The number of para-hydroxylation sites is 1. The van der Waals surface area contributed by atoms with E-state index in [2.05, 4.69) is 10.1 Å². The van der Waals surface area contributed by atoms with Gasteiger partial charge in [-0.25, -0.2) is 0 Å². The maximum absolute atomic E-state index is 5.56. The Bertz CT molecular complexity index is 485. The first-order chi connectivity index (χ1) is 9.88. The topological polar surface area (TPSA) is 74.2 Å². The number of ether oxygens (including phenoxy) is 1. The number of nitrogens with zero attached hydrogens (tertiary/aromatic N) is 2. The zero-order valence-electron chi connectivity index (χ0n) is 11.6. The van der Waals surface area contributed by atoms with Gasteiger partial charge in [0.1, 0.15) is 5.75 Å². The summed E-state index contributed by atoms with van der Waals surface area (Å²) in [7, 11) is 0. The van der Waals surface area contributed by atoms with Crippen LogP contribution >= 0.6 is 0 Å². The predicted octanol–water partition coefficient (Wildman–Crippen LogP) is 2.71. The molecule has 0 aliphatic carbocycles. The molecule has 0 unspecified atom stereocenters. The Labute approximate surface area is 119 Å². The zero-order chi connectivity index (χ0) is 14.0. The number of nitrogens with two attached hydrogens (primary N) is 1. The second-order valence-corrected chi connectivity index (χ2v) is 4.66. The van der Waals surface area contributed by atoms with Crippen molar-refractivity contribution in [1.82, 2.24) is 10.1 Å². The second kappa shape index (κ2) is 8.32. The van der Waals surface area contributed by atoms with E-state index in [1.165, 1.54) is 0 Å². The minimum atomic E-state index is 0.334. The lowest BCUT2D eigenvalue weighted by Crippen LogP contribution is -1.98. The van der Waals surface area contributed by atoms with E-state index in [1.807, 2.05) is 30.3 Å². The molecule has 20 heavy (non-hydrogen) atoms. The molecule has 5 heteroatoms. The molecule has 0 atom stereocenters. The Morgan fingerprint density at radius 1 is 1.05 bits per heavy atom. The Balaban J connectivity index is 1.69. The first kappa shape index (κ1) is 14.5. The van der Waals surface area contributed by atoms with Gasteiger partial charge in [0.15, 0.2) is 6.61 Å². The van der Waals surface area contributed by atoms with E-state index in [4.69, 9.17) is 15.0 Å². The van der Waals surface area contributed by atoms with Crippen LogP contribution in [0.15, 0.2) is 34.9 Å². The highest BCUT2D eigenvalue weighted by atomic mass is 16.5. The van der Waals surface area contributed by atoms with Crippen molar-refractivity contribution in [3.8, 4) is 5.75 Å². The summed E-state index contributed by atoms with van der Waals surface area (Å²) >= 11 is 0. The SMILES string of the molecule is NCCCCCCc1nc(COc2ccccc2)no1. The molecule has 0 fully saturated rings. The fourth-order valence-electron chi connectivity index (χ4n) is 1.89. The number of hydrogen-bond donors (Lipinski definition) is 1. The summed E-state index contributed by atoms with van der Waals surface area (Å²) in [5.41, 5.74) is 5.45. The average molecular weight is 275 g/mol. The molecule has 2 rings (SSSR count). The van der Waals surface area contributed by atoms with Crippen LogP contribution in [0.5, 0.6) is 5.75 Å². The molecule has 5 nitrogen and oxygen atoms in total. The van der Waals surface area contributed by atoms with Crippen LogP contribution in [0.3, 0.4) is 0 Å². The van der Waals surface area contributed by atoms with E-state index in [-0.39, 0.29) is 0 Å². The van der Waals surface area contributed by atoms with Crippen molar-refractivity contribution in [3.05, 3.63) is 42.0 Å². The molecule has 2 aromatic rings. The van der Waals surface area contributed by atoms with Gasteiger partial charge in [-0.15, -0.1) is 0 Å². The van der Waals surface area contributed by atoms with Crippen LogP contribution in [-0.4, -0.2) is 16.7 Å². The van der Waals surface area contributed by atoms with Gasteiger partial charge >= 0.3 is 0 Å². The van der Waals surface area contributed by atoms with Crippen LogP contribution in [0.25, 0.3) is 0 Å². The molecule has 0 spiro atoms. The molecule has 0 aliphatic rings. The van der Waals surface area contributed by atoms with Crippen molar-refractivity contribution in [3.63, 3.8) is 0 Å². The van der Waals surface area contributed by atoms with Crippen LogP contribution in [-0.2, 0) is 13.0 Å². The van der Waals surface area contributed by atoms with Gasteiger partial charge in [-0.05, 0) is 31.5 Å².